The summed E-state index contributed by atoms with van der Waals surface area (Å²) in [4.78, 5) is 13.5. The van der Waals surface area contributed by atoms with Crippen molar-refractivity contribution in [2.24, 2.45) is 5.92 Å². The van der Waals surface area contributed by atoms with Gasteiger partial charge in [-0.15, -0.1) is 0 Å². The highest BCUT2D eigenvalue weighted by molar-refractivity contribution is 5.70. The van der Waals surface area contributed by atoms with E-state index in [1.807, 2.05) is 0 Å². The summed E-state index contributed by atoms with van der Waals surface area (Å²) in [5.74, 6) is -0.774. The van der Waals surface area contributed by atoms with E-state index in [2.05, 4.69) is 4.90 Å². The first-order chi connectivity index (χ1) is 8.69. The summed E-state index contributed by atoms with van der Waals surface area (Å²) < 4.78 is 5.95. The van der Waals surface area contributed by atoms with Crippen molar-refractivity contribution in [3.63, 3.8) is 0 Å². The van der Waals surface area contributed by atoms with Crippen LogP contribution in [-0.4, -0.2) is 47.3 Å². The molecule has 2 unspecified atom stereocenters. The van der Waals surface area contributed by atoms with Gasteiger partial charge in [0.1, 0.15) is 0 Å². The molecular formula is C14H23NO3. The number of carboxylic acids is 1. The van der Waals surface area contributed by atoms with Crippen LogP contribution >= 0.6 is 0 Å². The summed E-state index contributed by atoms with van der Waals surface area (Å²) in [6.07, 6.45) is 7.79. The second kappa shape index (κ2) is 4.82. The summed E-state index contributed by atoms with van der Waals surface area (Å²) >= 11 is 0. The lowest BCUT2D eigenvalue weighted by Gasteiger charge is -2.50. The lowest BCUT2D eigenvalue weighted by atomic mass is 9.73. The molecule has 3 fully saturated rings. The van der Waals surface area contributed by atoms with Gasteiger partial charge in [0.2, 0.25) is 0 Å². The average Bonchev–Trinajstić information content (AvgIpc) is 2.37. The Morgan fingerprint density at radius 2 is 2.11 bits per heavy atom. The second-order valence-corrected chi connectivity index (χ2v) is 6.20. The van der Waals surface area contributed by atoms with Gasteiger partial charge in [-0.2, -0.15) is 0 Å². The third-order valence-electron chi connectivity index (χ3n) is 5.05. The van der Waals surface area contributed by atoms with E-state index < -0.39 is 5.97 Å². The first-order valence-electron chi connectivity index (χ1n) is 7.29. The Bertz CT molecular complexity index is 327. The van der Waals surface area contributed by atoms with E-state index >= 15 is 0 Å². The lowest BCUT2D eigenvalue weighted by molar-refractivity contribution is -0.155. The van der Waals surface area contributed by atoms with Gasteiger partial charge >= 0.3 is 5.97 Å². The summed E-state index contributed by atoms with van der Waals surface area (Å²) in [6, 6.07) is 0.557. The SMILES string of the molecule is O=C(O)C1CCCN(C2CCOC3(CCC3)C2)C1. The zero-order valence-corrected chi connectivity index (χ0v) is 10.9. The fourth-order valence-electron chi connectivity index (χ4n) is 3.77. The van der Waals surface area contributed by atoms with Gasteiger partial charge in [0.15, 0.2) is 0 Å². The number of ether oxygens (including phenoxy) is 1. The van der Waals surface area contributed by atoms with Crippen molar-refractivity contribution in [1.82, 2.24) is 4.90 Å². The fraction of sp³-hybridized carbons (Fsp3) is 0.929. The number of rotatable bonds is 2. The first-order valence-corrected chi connectivity index (χ1v) is 7.29. The van der Waals surface area contributed by atoms with Crippen LogP contribution in [-0.2, 0) is 9.53 Å². The minimum Gasteiger partial charge on any atom is -0.481 e. The maximum Gasteiger partial charge on any atom is 0.307 e. The van der Waals surface area contributed by atoms with Crippen LogP contribution in [0, 0.1) is 5.92 Å². The number of hydrogen-bond donors (Lipinski definition) is 1. The van der Waals surface area contributed by atoms with E-state index in [9.17, 15) is 4.79 Å². The van der Waals surface area contributed by atoms with Crippen LogP contribution in [0.25, 0.3) is 0 Å². The molecule has 1 saturated carbocycles. The van der Waals surface area contributed by atoms with Gasteiger partial charge in [-0.3, -0.25) is 9.69 Å². The largest absolute Gasteiger partial charge is 0.481 e. The minimum atomic E-state index is -0.620. The third kappa shape index (κ3) is 2.28. The monoisotopic (exact) mass is 253 g/mol. The highest BCUT2D eigenvalue weighted by atomic mass is 16.5. The molecule has 2 atom stereocenters. The van der Waals surface area contributed by atoms with E-state index in [4.69, 9.17) is 9.84 Å². The van der Waals surface area contributed by atoms with E-state index in [1.54, 1.807) is 0 Å². The summed E-state index contributed by atoms with van der Waals surface area (Å²) in [6.45, 7) is 2.68. The smallest absolute Gasteiger partial charge is 0.307 e. The van der Waals surface area contributed by atoms with Gasteiger partial charge in [-0.1, -0.05) is 0 Å². The number of likely N-dealkylation sites (tertiary alicyclic amines) is 1. The van der Waals surface area contributed by atoms with Gasteiger partial charge in [-0.05, 0) is 51.5 Å². The minimum absolute atomic E-state index is 0.154. The van der Waals surface area contributed by atoms with Crippen LogP contribution in [0.15, 0.2) is 0 Å². The molecule has 2 heterocycles. The van der Waals surface area contributed by atoms with Gasteiger partial charge in [-0.25, -0.2) is 0 Å². The predicted molar refractivity (Wildman–Crippen MR) is 67.5 cm³/mol. The Morgan fingerprint density at radius 1 is 1.28 bits per heavy atom. The Kier molecular flexibility index (Phi) is 3.32. The number of carbonyl (C=O) groups is 1. The summed E-state index contributed by atoms with van der Waals surface area (Å²) in [5.41, 5.74) is 0.166. The Morgan fingerprint density at radius 3 is 2.78 bits per heavy atom. The van der Waals surface area contributed by atoms with Crippen molar-refractivity contribution in [2.45, 2.75) is 56.6 Å². The molecule has 0 aromatic heterocycles. The van der Waals surface area contributed by atoms with Crippen molar-refractivity contribution in [3.05, 3.63) is 0 Å². The van der Waals surface area contributed by atoms with Crippen molar-refractivity contribution in [1.29, 1.82) is 0 Å². The molecule has 1 N–H and O–H groups in total. The predicted octanol–water partition coefficient (Wildman–Crippen LogP) is 1.88. The quantitative estimate of drug-likeness (QED) is 0.816. The Balaban J connectivity index is 1.61. The molecule has 2 aliphatic heterocycles. The van der Waals surface area contributed by atoms with Gasteiger partial charge < -0.3 is 9.84 Å². The highest BCUT2D eigenvalue weighted by Gasteiger charge is 2.44. The summed E-state index contributed by atoms with van der Waals surface area (Å²) in [7, 11) is 0. The number of nitrogens with zero attached hydrogens (tertiary/aromatic N) is 1. The normalized spacial score (nSPS) is 36.2. The average molecular weight is 253 g/mol. The van der Waals surface area contributed by atoms with E-state index in [-0.39, 0.29) is 11.5 Å². The molecule has 0 bridgehead atoms. The number of hydrogen-bond acceptors (Lipinski definition) is 3. The molecule has 2 saturated heterocycles. The topological polar surface area (TPSA) is 49.8 Å². The number of piperidine rings is 1. The van der Waals surface area contributed by atoms with Gasteiger partial charge in [0.05, 0.1) is 11.5 Å². The zero-order valence-electron chi connectivity index (χ0n) is 10.9. The molecular weight excluding hydrogens is 230 g/mol. The molecule has 0 aromatic rings. The number of aliphatic carboxylic acids is 1. The fourth-order valence-corrected chi connectivity index (χ4v) is 3.77. The Hall–Kier alpha value is -0.610. The first kappa shape index (κ1) is 12.4. The van der Waals surface area contributed by atoms with Crippen molar-refractivity contribution in [2.75, 3.05) is 19.7 Å². The van der Waals surface area contributed by atoms with Gasteiger partial charge in [0.25, 0.3) is 0 Å². The van der Waals surface area contributed by atoms with Gasteiger partial charge in [0, 0.05) is 19.2 Å². The number of carboxylic acid groups (broad SMARTS) is 1. The highest BCUT2D eigenvalue weighted by Crippen LogP contribution is 2.43. The molecule has 3 rings (SSSR count). The molecule has 3 aliphatic rings. The molecule has 102 valence electrons. The van der Waals surface area contributed by atoms with Crippen molar-refractivity contribution >= 4 is 5.97 Å². The van der Waals surface area contributed by atoms with Crippen LogP contribution in [0.1, 0.15) is 44.9 Å². The molecule has 0 radical (unpaired) electrons. The lowest BCUT2D eigenvalue weighted by Crippen LogP contribution is -2.54. The van der Waals surface area contributed by atoms with Crippen LogP contribution < -0.4 is 0 Å². The van der Waals surface area contributed by atoms with Crippen molar-refractivity contribution < 1.29 is 14.6 Å². The van der Waals surface area contributed by atoms with Crippen LogP contribution in [0.4, 0.5) is 0 Å². The Labute approximate surface area is 108 Å². The molecule has 1 spiro atoms. The van der Waals surface area contributed by atoms with E-state index in [0.717, 1.165) is 45.4 Å². The van der Waals surface area contributed by atoms with Crippen LogP contribution in [0.5, 0.6) is 0 Å². The molecule has 1 aliphatic carbocycles. The van der Waals surface area contributed by atoms with E-state index in [1.165, 1.54) is 19.3 Å². The second-order valence-electron chi connectivity index (χ2n) is 6.20. The maximum absolute atomic E-state index is 11.1. The van der Waals surface area contributed by atoms with Crippen LogP contribution in [0.2, 0.25) is 0 Å². The molecule has 4 nitrogen and oxygen atoms in total. The van der Waals surface area contributed by atoms with Crippen molar-refractivity contribution in [3.8, 4) is 0 Å². The zero-order chi connectivity index (χ0) is 12.6. The molecule has 0 amide bonds. The molecule has 0 aromatic carbocycles. The standard InChI is InChI=1S/C14H23NO3/c16-13(17)11-3-1-7-15(10-11)12-4-8-18-14(9-12)5-2-6-14/h11-12H,1-10H2,(H,16,17). The molecule has 4 heteroatoms. The molecule has 18 heavy (non-hydrogen) atoms. The third-order valence-corrected chi connectivity index (χ3v) is 5.05. The van der Waals surface area contributed by atoms with Crippen LogP contribution in [0.3, 0.4) is 0 Å². The summed E-state index contributed by atoms with van der Waals surface area (Å²) in [5, 5.41) is 9.16. The maximum atomic E-state index is 11.1. The van der Waals surface area contributed by atoms with E-state index in [0.29, 0.717) is 6.04 Å².